The van der Waals surface area contributed by atoms with Crippen molar-refractivity contribution >= 4 is 56.4 Å². The second kappa shape index (κ2) is 9.82. The Labute approximate surface area is 219 Å². The summed E-state index contributed by atoms with van der Waals surface area (Å²) in [5.74, 6) is -0.288. The van der Waals surface area contributed by atoms with Gasteiger partial charge in [-0.2, -0.15) is 0 Å². The van der Waals surface area contributed by atoms with E-state index >= 15 is 0 Å². The van der Waals surface area contributed by atoms with Crippen LogP contribution in [-0.4, -0.2) is 41.3 Å². The molecule has 2 atom stereocenters. The summed E-state index contributed by atoms with van der Waals surface area (Å²) in [5, 5.41) is 0. The van der Waals surface area contributed by atoms with Crippen LogP contribution in [0.1, 0.15) is 27.5 Å². The Bertz CT molecular complexity index is 1350. The van der Waals surface area contributed by atoms with Crippen molar-refractivity contribution in [3.63, 3.8) is 0 Å². The number of methoxy groups -OCH3 is 1. The SMILES string of the molecule is COc1ccc(C(=O)[C@H]2[C@H](c3ccccc3)N=C(C(Cl)(Cl)Cl)N2S(=O)(=O)c2ccc(C)cc2)cc1. The molecule has 0 N–H and O–H groups in total. The molecule has 182 valence electrons. The van der Waals surface area contributed by atoms with Crippen molar-refractivity contribution < 1.29 is 17.9 Å². The number of carbonyl (C=O) groups excluding carboxylic acids is 1. The Hall–Kier alpha value is -2.58. The molecular weight excluding hydrogens is 531 g/mol. The van der Waals surface area contributed by atoms with Crippen LogP contribution in [0.25, 0.3) is 0 Å². The zero-order valence-corrected chi connectivity index (χ0v) is 21.8. The van der Waals surface area contributed by atoms with Crippen LogP contribution in [0.2, 0.25) is 0 Å². The predicted molar refractivity (Wildman–Crippen MR) is 138 cm³/mol. The van der Waals surface area contributed by atoms with Gasteiger partial charge in [0.05, 0.1) is 12.0 Å². The predicted octanol–water partition coefficient (Wildman–Crippen LogP) is 5.77. The van der Waals surface area contributed by atoms with Crippen molar-refractivity contribution in [3.05, 3.63) is 95.6 Å². The van der Waals surface area contributed by atoms with Crippen molar-refractivity contribution in [2.24, 2.45) is 4.99 Å². The van der Waals surface area contributed by atoms with Gasteiger partial charge in [0.15, 0.2) is 11.6 Å². The van der Waals surface area contributed by atoms with Gasteiger partial charge in [0.25, 0.3) is 10.0 Å². The number of carbonyl (C=O) groups is 1. The van der Waals surface area contributed by atoms with Crippen molar-refractivity contribution in [1.82, 2.24) is 4.31 Å². The van der Waals surface area contributed by atoms with Crippen molar-refractivity contribution in [2.45, 2.75) is 27.7 Å². The van der Waals surface area contributed by atoms with Crippen LogP contribution >= 0.6 is 34.8 Å². The van der Waals surface area contributed by atoms with Gasteiger partial charge in [-0.05, 0) is 48.9 Å². The maximum absolute atomic E-state index is 13.9. The van der Waals surface area contributed by atoms with Crippen LogP contribution < -0.4 is 4.74 Å². The lowest BCUT2D eigenvalue weighted by atomic mass is 9.94. The molecule has 0 aromatic heterocycles. The van der Waals surface area contributed by atoms with E-state index in [0.717, 1.165) is 9.87 Å². The summed E-state index contributed by atoms with van der Waals surface area (Å²) >= 11 is 18.7. The summed E-state index contributed by atoms with van der Waals surface area (Å²) in [6, 6.07) is 19.2. The Morgan fingerprint density at radius 2 is 1.54 bits per heavy atom. The second-order valence-corrected chi connectivity index (χ2v) is 12.1. The summed E-state index contributed by atoms with van der Waals surface area (Å²) in [5.41, 5.74) is 1.74. The molecule has 3 aromatic carbocycles. The van der Waals surface area contributed by atoms with Gasteiger partial charge in [-0.1, -0.05) is 82.8 Å². The number of hydrogen-bond acceptors (Lipinski definition) is 5. The molecule has 6 nitrogen and oxygen atoms in total. The average molecular weight is 552 g/mol. The fraction of sp³-hybridized carbons (Fsp3) is 0.200. The number of halogens is 3. The van der Waals surface area contributed by atoms with E-state index in [1.807, 2.05) is 6.92 Å². The molecule has 0 spiro atoms. The molecule has 3 aromatic rings. The first-order valence-corrected chi connectivity index (χ1v) is 13.1. The number of aliphatic imine (C=N–C) groups is 1. The first-order chi connectivity index (χ1) is 16.5. The van der Waals surface area contributed by atoms with E-state index in [4.69, 9.17) is 39.5 Å². The van der Waals surface area contributed by atoms with Crippen LogP contribution in [0.15, 0.2) is 88.8 Å². The molecular formula is C25H21Cl3N2O4S. The molecule has 0 saturated heterocycles. The zero-order chi connectivity index (χ0) is 25.4. The van der Waals surface area contributed by atoms with E-state index in [-0.39, 0.29) is 16.3 Å². The first kappa shape index (κ1) is 25.5. The smallest absolute Gasteiger partial charge is 0.266 e. The molecule has 0 unspecified atom stereocenters. The lowest BCUT2D eigenvalue weighted by Gasteiger charge is -2.30. The zero-order valence-electron chi connectivity index (χ0n) is 18.7. The highest BCUT2D eigenvalue weighted by Gasteiger charge is 2.53. The van der Waals surface area contributed by atoms with Gasteiger partial charge in [-0.3, -0.25) is 9.79 Å². The number of sulfonamides is 1. The first-order valence-electron chi connectivity index (χ1n) is 10.5. The maximum Gasteiger partial charge on any atom is 0.266 e. The highest BCUT2D eigenvalue weighted by molar-refractivity contribution is 7.89. The average Bonchev–Trinajstić information content (AvgIpc) is 3.27. The number of ether oxygens (including phenoxy) is 1. The van der Waals surface area contributed by atoms with Crippen molar-refractivity contribution in [3.8, 4) is 5.75 Å². The maximum atomic E-state index is 13.9. The molecule has 1 heterocycles. The number of hydrogen-bond donors (Lipinski definition) is 0. The van der Waals surface area contributed by atoms with Crippen LogP contribution in [0, 0.1) is 6.92 Å². The Morgan fingerprint density at radius 3 is 2.09 bits per heavy atom. The topological polar surface area (TPSA) is 76.0 Å². The number of Topliss-reactive ketones (excluding diaryl/α,β-unsaturated/α-hetero) is 1. The second-order valence-electron chi connectivity index (χ2n) is 7.96. The minimum atomic E-state index is -4.34. The van der Waals surface area contributed by atoms with E-state index < -0.39 is 31.7 Å². The number of aryl methyl sites for hydroxylation is 1. The summed E-state index contributed by atoms with van der Waals surface area (Å²) in [6.45, 7) is 1.84. The molecule has 1 aliphatic rings. The number of alkyl halides is 3. The van der Waals surface area contributed by atoms with Crippen LogP contribution in [-0.2, 0) is 10.0 Å². The highest BCUT2D eigenvalue weighted by atomic mass is 35.6. The fourth-order valence-corrected chi connectivity index (χ4v) is 6.09. The molecule has 0 amide bonds. The van der Waals surface area contributed by atoms with Gasteiger partial charge in [-0.25, -0.2) is 12.7 Å². The van der Waals surface area contributed by atoms with Crippen molar-refractivity contribution in [1.29, 1.82) is 0 Å². The van der Waals surface area contributed by atoms with E-state index in [1.165, 1.54) is 19.2 Å². The normalized spacial score (nSPS) is 18.3. The largest absolute Gasteiger partial charge is 0.497 e. The third-order valence-corrected chi connectivity index (χ3v) is 7.93. The standard InChI is InChI=1S/C25H21Cl3N2O4S/c1-16-8-14-20(15-9-16)35(32,33)30-22(23(31)18-10-12-19(34-2)13-11-18)21(17-6-4-3-5-7-17)29-24(30)25(26,27)28/h3-15,21-22H,1-2H3/t21-,22+/m0/s1. The molecule has 0 bridgehead atoms. The molecule has 10 heteroatoms. The van der Waals surface area contributed by atoms with Gasteiger partial charge in [0.2, 0.25) is 3.79 Å². The number of benzene rings is 3. The molecule has 0 saturated carbocycles. The quantitative estimate of drug-likeness (QED) is 0.288. The third kappa shape index (κ3) is 5.05. The molecule has 35 heavy (non-hydrogen) atoms. The third-order valence-electron chi connectivity index (χ3n) is 5.64. The lowest BCUT2D eigenvalue weighted by Crippen LogP contribution is -2.49. The lowest BCUT2D eigenvalue weighted by molar-refractivity contribution is 0.0915. The van der Waals surface area contributed by atoms with Crippen LogP contribution in [0.4, 0.5) is 0 Å². The highest BCUT2D eigenvalue weighted by Crippen LogP contribution is 2.43. The summed E-state index contributed by atoms with van der Waals surface area (Å²) < 4.78 is 31.7. The fourth-order valence-electron chi connectivity index (χ4n) is 3.89. The van der Waals surface area contributed by atoms with E-state index in [1.54, 1.807) is 66.7 Å². The number of ketones is 1. The molecule has 0 aliphatic carbocycles. The Morgan fingerprint density at radius 1 is 0.943 bits per heavy atom. The summed E-state index contributed by atoms with van der Waals surface area (Å²) in [4.78, 5) is 18.4. The minimum absolute atomic E-state index is 0.0497. The molecule has 4 rings (SSSR count). The monoisotopic (exact) mass is 550 g/mol. The number of rotatable bonds is 6. The molecule has 0 fully saturated rings. The Balaban J connectivity index is 1.92. The number of nitrogens with zero attached hydrogens (tertiary/aromatic N) is 2. The number of amidine groups is 1. The minimum Gasteiger partial charge on any atom is -0.497 e. The molecule has 1 aliphatic heterocycles. The van der Waals surface area contributed by atoms with E-state index in [9.17, 15) is 13.2 Å². The van der Waals surface area contributed by atoms with E-state index in [0.29, 0.717) is 11.3 Å². The van der Waals surface area contributed by atoms with Gasteiger partial charge in [0, 0.05) is 5.56 Å². The van der Waals surface area contributed by atoms with Gasteiger partial charge in [-0.15, -0.1) is 0 Å². The van der Waals surface area contributed by atoms with Gasteiger partial charge >= 0.3 is 0 Å². The van der Waals surface area contributed by atoms with Gasteiger partial charge < -0.3 is 4.74 Å². The van der Waals surface area contributed by atoms with Crippen molar-refractivity contribution in [2.75, 3.05) is 7.11 Å². The summed E-state index contributed by atoms with van der Waals surface area (Å²) in [6.07, 6.45) is 0. The van der Waals surface area contributed by atoms with Crippen LogP contribution in [0.5, 0.6) is 5.75 Å². The molecule has 0 radical (unpaired) electrons. The van der Waals surface area contributed by atoms with E-state index in [2.05, 4.69) is 4.99 Å². The summed E-state index contributed by atoms with van der Waals surface area (Å²) in [7, 11) is -2.83. The van der Waals surface area contributed by atoms with Crippen LogP contribution in [0.3, 0.4) is 0 Å². The Kier molecular flexibility index (Phi) is 7.16. The van der Waals surface area contributed by atoms with Gasteiger partial charge in [0.1, 0.15) is 17.8 Å².